The third-order valence-electron chi connectivity index (χ3n) is 6.75. The van der Waals surface area contributed by atoms with Crippen LogP contribution in [-0.2, 0) is 33.1 Å². The number of esters is 1. The number of carbonyl (C=O) groups excluding carboxylic acids is 2. The van der Waals surface area contributed by atoms with Gasteiger partial charge in [-0.15, -0.1) is 20.7 Å². The maximum absolute atomic E-state index is 14.4. The highest BCUT2D eigenvalue weighted by molar-refractivity contribution is 6.76. The maximum atomic E-state index is 14.4. The van der Waals surface area contributed by atoms with Crippen LogP contribution in [0, 0.1) is 11.6 Å². The van der Waals surface area contributed by atoms with E-state index in [4.69, 9.17) is 21.1 Å². The minimum atomic E-state index is -1.56. The first-order valence-electron chi connectivity index (χ1n) is 12.2. The minimum absolute atomic E-state index is 0.0374. The summed E-state index contributed by atoms with van der Waals surface area (Å²) < 4.78 is 41.4. The second kappa shape index (κ2) is 10.6. The number of amides is 1. The van der Waals surface area contributed by atoms with Crippen LogP contribution in [0.15, 0.2) is 43.0 Å². The molecule has 7 nitrogen and oxygen atoms in total. The Morgan fingerprint density at radius 1 is 1.24 bits per heavy atom. The first kappa shape index (κ1) is 27.9. The van der Waals surface area contributed by atoms with E-state index in [9.17, 15) is 18.4 Å². The van der Waals surface area contributed by atoms with Crippen molar-refractivity contribution in [2.75, 3.05) is 13.7 Å². The van der Waals surface area contributed by atoms with Crippen LogP contribution in [0.25, 0.3) is 11.0 Å². The van der Waals surface area contributed by atoms with Gasteiger partial charge >= 0.3 is 5.97 Å². The lowest BCUT2D eigenvalue weighted by molar-refractivity contribution is -0.154. The highest BCUT2D eigenvalue weighted by Gasteiger charge is 2.55. The molecule has 2 aromatic heterocycles. The fraction of sp³-hybridized carbons (Fsp3) is 0.370. The van der Waals surface area contributed by atoms with Crippen LogP contribution >= 0.6 is 11.6 Å². The number of benzene rings is 1. The molecule has 11 heteroatoms. The van der Waals surface area contributed by atoms with E-state index in [0.717, 1.165) is 12.1 Å². The molecule has 0 spiro atoms. The molecule has 4 rings (SSSR count). The standard InChI is InChI=1S/C27H30ClF2N3O4Si/c1-6-9-27(26(35)36-2)20-8-7-17(29)12-19(20)25(34)33(27)15-18-13-22-23(14-21(30)24(28)31-22)32(18)16-37-10-11-38(3,4)5/h6-8,12-14H,1,9-11,15-16H2,2-5H3/q-1/t27-/m0/s1. The van der Waals surface area contributed by atoms with Crippen LogP contribution < -0.4 is 0 Å². The number of hydrogen-bond donors (Lipinski definition) is 0. The van der Waals surface area contributed by atoms with Gasteiger partial charge in [0.15, 0.2) is 16.5 Å². The lowest BCUT2D eigenvalue weighted by Gasteiger charge is -2.36. The lowest BCUT2D eigenvalue weighted by Crippen LogP contribution is -2.50. The Bertz CT molecular complexity index is 1420. The van der Waals surface area contributed by atoms with Crippen molar-refractivity contribution in [3.05, 3.63) is 76.6 Å². The SMILES string of the molecule is C=CC[C@@]1(C(=O)OC)c2ccc(F)cc2C(=O)N1Cc1cc2nc(Cl)c(F)cc2n1COCC[Si-](C)(C)C. The summed E-state index contributed by atoms with van der Waals surface area (Å²) in [4.78, 5) is 32.5. The van der Waals surface area contributed by atoms with Gasteiger partial charge in [0.25, 0.3) is 5.91 Å². The molecule has 0 N–H and O–H groups in total. The van der Waals surface area contributed by atoms with Gasteiger partial charge < -0.3 is 18.9 Å². The highest BCUT2D eigenvalue weighted by atomic mass is 35.5. The number of nitrogens with zero attached hydrogens (tertiary/aromatic N) is 3. The number of rotatable bonds is 10. The van der Waals surface area contributed by atoms with E-state index in [2.05, 4.69) is 31.2 Å². The lowest BCUT2D eigenvalue weighted by atomic mass is 9.86. The van der Waals surface area contributed by atoms with Crippen LogP contribution in [0.4, 0.5) is 8.78 Å². The molecule has 1 atom stereocenters. The van der Waals surface area contributed by atoms with E-state index < -0.39 is 37.1 Å². The van der Waals surface area contributed by atoms with Crippen molar-refractivity contribution in [3.63, 3.8) is 0 Å². The Morgan fingerprint density at radius 2 is 1.97 bits per heavy atom. The zero-order valence-corrected chi connectivity index (χ0v) is 23.6. The molecule has 0 fully saturated rings. The normalized spacial score (nSPS) is 17.2. The summed E-state index contributed by atoms with van der Waals surface area (Å²) in [5, 5.41) is -0.281. The molecule has 0 unspecified atom stereocenters. The zero-order valence-electron chi connectivity index (χ0n) is 21.8. The molecule has 38 heavy (non-hydrogen) atoms. The number of halogens is 3. The zero-order chi connectivity index (χ0) is 27.8. The summed E-state index contributed by atoms with van der Waals surface area (Å²) in [6.45, 7) is 11.0. The number of methoxy groups -OCH3 is 1. The average Bonchev–Trinajstić information content (AvgIpc) is 3.29. The summed E-state index contributed by atoms with van der Waals surface area (Å²) in [6.07, 6.45) is 1.55. The van der Waals surface area contributed by atoms with Crippen LogP contribution in [-0.4, -0.2) is 48.1 Å². The number of carbonyl (C=O) groups is 2. The Kier molecular flexibility index (Phi) is 7.78. The molecule has 0 aliphatic carbocycles. The summed E-state index contributed by atoms with van der Waals surface area (Å²) in [5.74, 6) is -2.52. The molecule has 0 radical (unpaired) electrons. The van der Waals surface area contributed by atoms with Crippen LogP contribution in [0.1, 0.15) is 28.0 Å². The second-order valence-electron chi connectivity index (χ2n) is 10.5. The van der Waals surface area contributed by atoms with Gasteiger partial charge in [-0.1, -0.05) is 23.7 Å². The number of hydrogen-bond acceptors (Lipinski definition) is 5. The smallest absolute Gasteiger partial charge is 0.336 e. The molecule has 3 heterocycles. The molecule has 1 aromatic carbocycles. The van der Waals surface area contributed by atoms with Crippen molar-refractivity contribution < 1.29 is 27.8 Å². The van der Waals surface area contributed by atoms with Gasteiger partial charge in [-0.2, -0.15) is 19.6 Å². The van der Waals surface area contributed by atoms with Gasteiger partial charge in [0, 0.05) is 35.9 Å². The van der Waals surface area contributed by atoms with Crippen molar-refractivity contribution in [1.82, 2.24) is 14.5 Å². The van der Waals surface area contributed by atoms with Crippen molar-refractivity contribution in [3.8, 4) is 0 Å². The number of ether oxygens (including phenoxy) is 2. The van der Waals surface area contributed by atoms with Gasteiger partial charge in [-0.3, -0.25) is 4.79 Å². The predicted octanol–water partition coefficient (Wildman–Crippen LogP) is 5.88. The third-order valence-corrected chi connectivity index (χ3v) is 8.71. The average molecular weight is 562 g/mol. The highest BCUT2D eigenvalue weighted by Crippen LogP contribution is 2.44. The maximum Gasteiger partial charge on any atom is 0.336 e. The molecule has 1 aliphatic rings. The first-order valence-corrected chi connectivity index (χ1v) is 16.2. The topological polar surface area (TPSA) is 73.7 Å². The van der Waals surface area contributed by atoms with Gasteiger partial charge in [-0.05, 0) is 18.2 Å². The molecular weight excluding hydrogens is 532 g/mol. The monoisotopic (exact) mass is 561 g/mol. The first-order chi connectivity index (χ1) is 17.9. The van der Waals surface area contributed by atoms with Crippen LogP contribution in [0.2, 0.25) is 30.8 Å². The van der Waals surface area contributed by atoms with Crippen molar-refractivity contribution in [2.45, 2.75) is 50.9 Å². The van der Waals surface area contributed by atoms with E-state index in [0.29, 0.717) is 28.9 Å². The van der Waals surface area contributed by atoms with Crippen molar-refractivity contribution in [2.24, 2.45) is 0 Å². The second-order valence-corrected chi connectivity index (χ2v) is 16.5. The fourth-order valence-corrected chi connectivity index (χ4v) is 5.69. The van der Waals surface area contributed by atoms with E-state index in [1.807, 2.05) is 0 Å². The predicted molar refractivity (Wildman–Crippen MR) is 144 cm³/mol. The molecule has 0 saturated heterocycles. The summed E-state index contributed by atoms with van der Waals surface area (Å²) in [7, 11) is -0.124. The van der Waals surface area contributed by atoms with Crippen molar-refractivity contribution in [1.29, 1.82) is 0 Å². The van der Waals surface area contributed by atoms with Gasteiger partial charge in [0.05, 0.1) is 24.7 Å². The molecule has 0 bridgehead atoms. The Hall–Kier alpha value is -3.08. The van der Waals surface area contributed by atoms with Crippen LogP contribution in [0.3, 0.4) is 0 Å². The van der Waals surface area contributed by atoms with Crippen LogP contribution in [0.5, 0.6) is 0 Å². The van der Waals surface area contributed by atoms with E-state index in [1.54, 1.807) is 10.6 Å². The minimum Gasteiger partial charge on any atom is -0.467 e. The van der Waals surface area contributed by atoms with E-state index in [-0.39, 0.29) is 30.4 Å². The molecule has 3 aromatic rings. The molecule has 1 amide bonds. The quantitative estimate of drug-likeness (QED) is 0.102. The molecule has 1 aliphatic heterocycles. The Morgan fingerprint density at radius 3 is 2.63 bits per heavy atom. The van der Waals surface area contributed by atoms with E-state index >= 15 is 0 Å². The number of aromatic nitrogens is 2. The van der Waals surface area contributed by atoms with Gasteiger partial charge in [-0.25, -0.2) is 18.6 Å². The number of pyridine rings is 1. The van der Waals surface area contributed by atoms with Gasteiger partial charge in [0.1, 0.15) is 12.5 Å². The molecular formula is C27H30ClF2N3O4Si-. The molecule has 0 saturated carbocycles. The summed E-state index contributed by atoms with van der Waals surface area (Å²) in [6, 6.07) is 7.61. The largest absolute Gasteiger partial charge is 0.467 e. The van der Waals surface area contributed by atoms with Crippen molar-refractivity contribution >= 4 is 42.6 Å². The third kappa shape index (κ3) is 5.00. The summed E-state index contributed by atoms with van der Waals surface area (Å²) in [5.41, 5.74) is 0.198. The van der Waals surface area contributed by atoms with E-state index in [1.165, 1.54) is 36.3 Å². The number of fused-ring (bicyclic) bond motifs is 2. The Balaban J connectivity index is 1.81. The molecule has 203 valence electrons. The fourth-order valence-electron chi connectivity index (χ4n) is 4.79. The summed E-state index contributed by atoms with van der Waals surface area (Å²) >= 11 is 5.95. The Labute approximate surface area is 226 Å². The van der Waals surface area contributed by atoms with Gasteiger partial charge in [0.2, 0.25) is 0 Å².